The van der Waals surface area contributed by atoms with Crippen molar-refractivity contribution in [3.05, 3.63) is 216 Å². The minimum atomic E-state index is -0.133. The van der Waals surface area contributed by atoms with Crippen LogP contribution >= 0.6 is 0 Å². The third-order valence-electron chi connectivity index (χ3n) is 13.6. The Hall–Kier alpha value is -7.60. The van der Waals surface area contributed by atoms with E-state index in [1.54, 1.807) is 0 Å². The third kappa shape index (κ3) is 5.12. The van der Waals surface area contributed by atoms with Crippen molar-refractivity contribution in [1.29, 1.82) is 0 Å². The summed E-state index contributed by atoms with van der Waals surface area (Å²) in [4.78, 5) is 2.46. The smallest absolute Gasteiger partial charge is 0.0641 e. The largest absolute Gasteiger partial charge is 0.310 e. The van der Waals surface area contributed by atoms with Crippen LogP contribution < -0.4 is 4.90 Å². The van der Waals surface area contributed by atoms with E-state index in [1.807, 2.05) is 19.9 Å². The molecular weight excluding hydrogens is 749 g/mol. The molecule has 0 saturated carbocycles. The average molecular weight is 793 g/mol. The summed E-state index contributed by atoms with van der Waals surface area (Å²) in [6.07, 6.45) is 1.00. The van der Waals surface area contributed by atoms with E-state index in [-0.39, 0.29) is 5.41 Å². The van der Waals surface area contributed by atoms with E-state index < -0.39 is 0 Å². The summed E-state index contributed by atoms with van der Waals surface area (Å²) in [7, 11) is 0. The van der Waals surface area contributed by atoms with Gasteiger partial charge in [-0.3, -0.25) is 0 Å². The van der Waals surface area contributed by atoms with Gasteiger partial charge in [0.2, 0.25) is 0 Å². The number of fused-ring (bicyclic) bond motifs is 12. The van der Waals surface area contributed by atoms with Crippen molar-refractivity contribution in [2.24, 2.45) is 0 Å². The third-order valence-corrected chi connectivity index (χ3v) is 13.6. The van der Waals surface area contributed by atoms with E-state index >= 15 is 0 Å². The highest BCUT2D eigenvalue weighted by Crippen LogP contribution is 2.52. The molecule has 0 unspecified atom stereocenters. The van der Waals surface area contributed by atoms with Gasteiger partial charge in [-0.15, -0.1) is 0 Å². The standard InChI is InChI=1S/C58H38N2.C2H6/c1-58(2)50-18-8-5-15-47(50)55-44(17-11-19-51(55)58)37-26-30-42(31-27-37)59(41-28-24-36(25-29-41)38-22-23-40-34-39-12-3-4-13-43(39)49(40)35-38)54-33-32-46-45-14-6-9-20-52(45)60-53-21-10-7-16-48(53)56(54)57(46)60;1-2/h3-7,9-17,19-33,35H,34H2,1-2H3;1-2H3. The Balaban J connectivity index is 0.00000202. The molecular formula is C60H44N2. The Kier molecular flexibility index (Phi) is 8.02. The first-order valence-corrected chi connectivity index (χ1v) is 22.0. The second-order valence-corrected chi connectivity index (χ2v) is 17.1. The molecule has 0 bridgehead atoms. The first kappa shape index (κ1) is 36.3. The van der Waals surface area contributed by atoms with Crippen molar-refractivity contribution in [3.8, 4) is 44.5 Å². The predicted octanol–water partition coefficient (Wildman–Crippen LogP) is 16.1. The minimum Gasteiger partial charge on any atom is -0.310 e. The molecule has 2 heterocycles. The first-order chi connectivity index (χ1) is 30.5. The summed E-state index contributed by atoms with van der Waals surface area (Å²) in [6, 6.07) is 74.3. The summed E-state index contributed by atoms with van der Waals surface area (Å²) >= 11 is 0. The minimum absolute atomic E-state index is 0.133. The summed E-state index contributed by atoms with van der Waals surface area (Å²) in [6.45, 7) is 8.61. The molecule has 62 heavy (non-hydrogen) atoms. The maximum atomic E-state index is 3.46. The topological polar surface area (TPSA) is 7.65 Å². The van der Waals surface area contributed by atoms with E-state index in [0.29, 0.717) is 0 Å². The lowest BCUT2D eigenvalue weighted by atomic mass is 9.82. The van der Waals surface area contributed by atoms with Crippen molar-refractivity contribution in [2.45, 2.75) is 39.5 Å². The second kappa shape index (κ2) is 13.7. The van der Waals surface area contributed by atoms with E-state index in [2.05, 4.69) is 211 Å². The van der Waals surface area contributed by atoms with Crippen molar-refractivity contribution < 1.29 is 0 Å². The number of para-hydroxylation sites is 2. The van der Waals surface area contributed by atoms with Gasteiger partial charge in [-0.1, -0.05) is 161 Å². The number of hydrogen-bond donors (Lipinski definition) is 0. The van der Waals surface area contributed by atoms with Crippen LogP contribution in [0.1, 0.15) is 49.9 Å². The molecule has 2 aliphatic rings. The predicted molar refractivity (Wildman–Crippen MR) is 261 cm³/mol. The maximum Gasteiger partial charge on any atom is 0.0641 e. The summed E-state index contributed by atoms with van der Waals surface area (Å²) in [5.41, 5.74) is 22.5. The van der Waals surface area contributed by atoms with Gasteiger partial charge >= 0.3 is 0 Å². The van der Waals surface area contributed by atoms with Crippen LogP contribution in [0.3, 0.4) is 0 Å². The molecule has 0 N–H and O–H groups in total. The Labute approximate surface area is 363 Å². The van der Waals surface area contributed by atoms with E-state index in [4.69, 9.17) is 0 Å². The van der Waals surface area contributed by atoms with Gasteiger partial charge in [-0.05, 0) is 128 Å². The summed E-state index contributed by atoms with van der Waals surface area (Å²) in [5, 5.41) is 5.08. The summed E-state index contributed by atoms with van der Waals surface area (Å²) in [5.74, 6) is 0. The molecule has 13 rings (SSSR count). The zero-order chi connectivity index (χ0) is 41.7. The molecule has 2 aromatic heterocycles. The van der Waals surface area contributed by atoms with Crippen LogP contribution in [0.25, 0.3) is 82.6 Å². The molecule has 0 spiro atoms. The van der Waals surface area contributed by atoms with E-state index in [9.17, 15) is 0 Å². The van der Waals surface area contributed by atoms with Crippen molar-refractivity contribution in [3.63, 3.8) is 0 Å². The number of anilines is 3. The van der Waals surface area contributed by atoms with Gasteiger partial charge in [-0.25, -0.2) is 0 Å². The molecule has 0 fully saturated rings. The number of hydrogen-bond acceptors (Lipinski definition) is 1. The molecule has 0 aliphatic heterocycles. The Morgan fingerprint density at radius 1 is 0.516 bits per heavy atom. The van der Waals surface area contributed by atoms with Crippen LogP contribution in [0.15, 0.2) is 182 Å². The molecule has 0 atom stereocenters. The fourth-order valence-corrected chi connectivity index (χ4v) is 10.8. The number of benzene rings is 8. The molecule has 2 heteroatoms. The van der Waals surface area contributed by atoms with E-state index in [0.717, 1.165) is 23.5 Å². The van der Waals surface area contributed by atoms with Crippen molar-refractivity contribution >= 4 is 55.2 Å². The number of rotatable bonds is 5. The van der Waals surface area contributed by atoms with Crippen molar-refractivity contribution in [1.82, 2.24) is 4.40 Å². The second-order valence-electron chi connectivity index (χ2n) is 17.1. The van der Waals surface area contributed by atoms with Crippen LogP contribution in [-0.2, 0) is 11.8 Å². The lowest BCUT2D eigenvalue weighted by Gasteiger charge is -2.27. The van der Waals surface area contributed by atoms with Crippen LogP contribution in [-0.4, -0.2) is 4.40 Å². The van der Waals surface area contributed by atoms with Gasteiger partial charge in [0, 0.05) is 43.9 Å². The molecule has 11 aromatic rings. The molecule has 2 aliphatic carbocycles. The zero-order valence-corrected chi connectivity index (χ0v) is 35.4. The van der Waals surface area contributed by atoms with E-state index in [1.165, 1.54) is 105 Å². The molecule has 9 aromatic carbocycles. The van der Waals surface area contributed by atoms with Gasteiger partial charge in [0.25, 0.3) is 0 Å². The van der Waals surface area contributed by atoms with Gasteiger partial charge in [-0.2, -0.15) is 0 Å². The number of nitrogens with zero attached hydrogens (tertiary/aromatic N) is 2. The first-order valence-electron chi connectivity index (χ1n) is 22.0. The highest BCUT2D eigenvalue weighted by atomic mass is 15.1. The van der Waals surface area contributed by atoms with Gasteiger partial charge in [0.05, 0.1) is 22.2 Å². The van der Waals surface area contributed by atoms with Gasteiger partial charge in [0.1, 0.15) is 0 Å². The summed E-state index contributed by atoms with van der Waals surface area (Å²) < 4.78 is 2.47. The monoisotopic (exact) mass is 792 g/mol. The van der Waals surface area contributed by atoms with Crippen molar-refractivity contribution in [2.75, 3.05) is 4.90 Å². The molecule has 0 saturated heterocycles. The average Bonchev–Trinajstić information content (AvgIpc) is 4.05. The SMILES string of the molecule is CC.CC1(C)c2c#cccc2-c2c(-c3ccc(N(c4ccc(-c5ccc6c(c5)-c5ccccc5C6)cc4)c4ccc5c6ccccc6n6c7ccccc7c4c56)cc3)cccc21. The van der Waals surface area contributed by atoms with Crippen LogP contribution in [0.2, 0.25) is 0 Å². The lowest BCUT2D eigenvalue weighted by Crippen LogP contribution is -2.14. The van der Waals surface area contributed by atoms with Crippen LogP contribution in [0.4, 0.5) is 17.1 Å². The fourth-order valence-electron chi connectivity index (χ4n) is 10.8. The highest BCUT2D eigenvalue weighted by Gasteiger charge is 2.37. The highest BCUT2D eigenvalue weighted by molar-refractivity contribution is 6.27. The Morgan fingerprint density at radius 3 is 1.95 bits per heavy atom. The number of aromatic nitrogens is 1. The van der Waals surface area contributed by atoms with Crippen LogP contribution in [0, 0.1) is 12.1 Å². The molecule has 0 amide bonds. The molecule has 2 nitrogen and oxygen atoms in total. The Morgan fingerprint density at radius 2 is 1.16 bits per heavy atom. The zero-order valence-electron chi connectivity index (χ0n) is 35.4. The quantitative estimate of drug-likeness (QED) is 0.168. The van der Waals surface area contributed by atoms with Crippen LogP contribution in [0.5, 0.6) is 0 Å². The van der Waals surface area contributed by atoms with Gasteiger partial charge < -0.3 is 9.30 Å². The molecule has 0 radical (unpaired) electrons. The van der Waals surface area contributed by atoms with Gasteiger partial charge in [0.15, 0.2) is 0 Å². The Bertz CT molecular complexity index is 3530. The molecule has 294 valence electrons. The maximum absolute atomic E-state index is 3.46. The normalized spacial score (nSPS) is 13.1. The lowest BCUT2D eigenvalue weighted by molar-refractivity contribution is 0.661. The fraction of sp³-hybridized carbons (Fsp3) is 0.100.